The van der Waals surface area contributed by atoms with Crippen molar-refractivity contribution in [2.45, 2.75) is 32.4 Å². The Morgan fingerprint density at radius 2 is 2.14 bits per heavy atom. The third-order valence-corrected chi connectivity index (χ3v) is 3.19. The van der Waals surface area contributed by atoms with E-state index in [0.717, 1.165) is 11.5 Å². The van der Waals surface area contributed by atoms with Crippen LogP contribution in [-0.4, -0.2) is 13.2 Å². The fourth-order valence-electron chi connectivity index (χ4n) is 2.00. The van der Waals surface area contributed by atoms with Crippen molar-refractivity contribution in [2.75, 3.05) is 7.11 Å². The van der Waals surface area contributed by atoms with Crippen molar-refractivity contribution < 1.29 is 9.15 Å². The van der Waals surface area contributed by atoms with Crippen LogP contribution in [0.25, 0.3) is 0 Å². The van der Waals surface area contributed by atoms with Crippen molar-refractivity contribution in [3.63, 3.8) is 0 Å². The predicted molar refractivity (Wildman–Crippen MR) is 53.9 cm³/mol. The molecule has 1 aliphatic carbocycles. The SMILES string of the molecule is COCc1ccc([C@H]2[C@H](N)C2(C)C)o1. The lowest BCUT2D eigenvalue weighted by Gasteiger charge is -1.98. The molecule has 3 heteroatoms. The van der Waals surface area contributed by atoms with Gasteiger partial charge in [0.1, 0.15) is 18.1 Å². The summed E-state index contributed by atoms with van der Waals surface area (Å²) in [6, 6.07) is 4.19. The second-order valence-electron chi connectivity index (χ2n) is 4.56. The lowest BCUT2D eigenvalue weighted by atomic mass is 10.1. The van der Waals surface area contributed by atoms with Gasteiger partial charge in [0, 0.05) is 19.1 Å². The molecular formula is C11H17NO2. The highest BCUT2D eigenvalue weighted by molar-refractivity contribution is 5.28. The van der Waals surface area contributed by atoms with Crippen LogP contribution >= 0.6 is 0 Å². The van der Waals surface area contributed by atoms with Crippen molar-refractivity contribution in [3.8, 4) is 0 Å². The highest BCUT2D eigenvalue weighted by Crippen LogP contribution is 2.57. The monoisotopic (exact) mass is 195 g/mol. The van der Waals surface area contributed by atoms with Crippen LogP contribution in [0.4, 0.5) is 0 Å². The zero-order valence-electron chi connectivity index (χ0n) is 8.91. The topological polar surface area (TPSA) is 48.4 Å². The van der Waals surface area contributed by atoms with Gasteiger partial charge in [0.05, 0.1) is 0 Å². The summed E-state index contributed by atoms with van der Waals surface area (Å²) in [5.74, 6) is 2.24. The van der Waals surface area contributed by atoms with Gasteiger partial charge in [-0.05, 0) is 17.5 Å². The number of furan rings is 1. The highest BCUT2D eigenvalue weighted by Gasteiger charge is 2.57. The minimum atomic E-state index is 0.183. The smallest absolute Gasteiger partial charge is 0.129 e. The standard InChI is InChI=1S/C11H17NO2/c1-11(2)9(10(11)12)8-5-4-7(14-8)6-13-3/h4-5,9-10H,6,12H2,1-3H3/t9-,10-/m0/s1. The largest absolute Gasteiger partial charge is 0.463 e. The van der Waals surface area contributed by atoms with Gasteiger partial charge in [-0.3, -0.25) is 0 Å². The molecule has 0 saturated heterocycles. The molecule has 0 amide bonds. The summed E-state index contributed by atoms with van der Waals surface area (Å²) in [5, 5.41) is 0. The van der Waals surface area contributed by atoms with Crippen LogP contribution in [0.1, 0.15) is 31.3 Å². The summed E-state index contributed by atoms with van der Waals surface area (Å²) < 4.78 is 10.6. The van der Waals surface area contributed by atoms with Crippen molar-refractivity contribution in [1.29, 1.82) is 0 Å². The first-order valence-corrected chi connectivity index (χ1v) is 4.90. The molecule has 0 spiro atoms. The van der Waals surface area contributed by atoms with E-state index < -0.39 is 0 Å². The Balaban J connectivity index is 2.12. The Bertz CT molecular complexity index is 330. The van der Waals surface area contributed by atoms with Crippen LogP contribution in [0.3, 0.4) is 0 Å². The first kappa shape index (κ1) is 9.74. The van der Waals surface area contributed by atoms with Crippen LogP contribution < -0.4 is 5.73 Å². The van der Waals surface area contributed by atoms with Gasteiger partial charge in [-0.2, -0.15) is 0 Å². The molecule has 0 radical (unpaired) electrons. The molecule has 1 fully saturated rings. The summed E-state index contributed by atoms with van der Waals surface area (Å²) in [5.41, 5.74) is 6.15. The minimum Gasteiger partial charge on any atom is -0.463 e. The van der Waals surface area contributed by atoms with E-state index in [1.54, 1.807) is 7.11 Å². The maximum absolute atomic E-state index is 5.97. The van der Waals surface area contributed by atoms with Crippen LogP contribution in [0.2, 0.25) is 0 Å². The third kappa shape index (κ3) is 1.37. The number of hydrogen-bond acceptors (Lipinski definition) is 3. The van der Waals surface area contributed by atoms with E-state index in [1.165, 1.54) is 0 Å². The summed E-state index contributed by atoms with van der Waals surface area (Å²) in [4.78, 5) is 0. The van der Waals surface area contributed by atoms with Crippen LogP contribution in [0, 0.1) is 5.41 Å². The molecule has 78 valence electrons. The Hall–Kier alpha value is -0.800. The summed E-state index contributed by atoms with van der Waals surface area (Å²) in [6.45, 7) is 4.87. The van der Waals surface area contributed by atoms with Gasteiger partial charge >= 0.3 is 0 Å². The van der Waals surface area contributed by atoms with Crippen LogP contribution in [0.5, 0.6) is 0 Å². The maximum atomic E-state index is 5.97. The fraction of sp³-hybridized carbons (Fsp3) is 0.636. The Morgan fingerprint density at radius 1 is 1.50 bits per heavy atom. The van der Waals surface area contributed by atoms with E-state index in [-0.39, 0.29) is 11.5 Å². The molecule has 2 rings (SSSR count). The number of ether oxygens (including phenoxy) is 1. The van der Waals surface area contributed by atoms with E-state index in [2.05, 4.69) is 13.8 Å². The fourth-order valence-corrected chi connectivity index (χ4v) is 2.00. The van der Waals surface area contributed by atoms with Gasteiger partial charge in [0.25, 0.3) is 0 Å². The summed E-state index contributed by atoms with van der Waals surface area (Å²) >= 11 is 0. The van der Waals surface area contributed by atoms with Gasteiger partial charge in [-0.25, -0.2) is 0 Å². The number of hydrogen-bond donors (Lipinski definition) is 1. The zero-order chi connectivity index (χ0) is 10.3. The average molecular weight is 195 g/mol. The predicted octanol–water partition coefficient (Wildman–Crippen LogP) is 1.88. The van der Waals surface area contributed by atoms with E-state index in [9.17, 15) is 0 Å². The van der Waals surface area contributed by atoms with Crippen molar-refractivity contribution in [3.05, 3.63) is 23.7 Å². The van der Waals surface area contributed by atoms with Gasteiger partial charge < -0.3 is 14.9 Å². The van der Waals surface area contributed by atoms with Gasteiger partial charge in [-0.15, -0.1) is 0 Å². The second-order valence-corrected chi connectivity index (χ2v) is 4.56. The van der Waals surface area contributed by atoms with Crippen molar-refractivity contribution in [1.82, 2.24) is 0 Å². The number of rotatable bonds is 3. The quantitative estimate of drug-likeness (QED) is 0.801. The molecule has 1 aromatic heterocycles. The molecule has 1 aromatic rings. The summed E-state index contributed by atoms with van der Waals surface area (Å²) in [6.07, 6.45) is 0. The van der Waals surface area contributed by atoms with Crippen molar-refractivity contribution in [2.24, 2.45) is 11.1 Å². The molecule has 3 nitrogen and oxygen atoms in total. The number of methoxy groups -OCH3 is 1. The van der Waals surface area contributed by atoms with Gasteiger partial charge in [0.15, 0.2) is 0 Å². The molecule has 0 aliphatic heterocycles. The molecule has 1 heterocycles. The normalized spacial score (nSPS) is 29.1. The molecular weight excluding hydrogens is 178 g/mol. The second kappa shape index (κ2) is 3.11. The van der Waals surface area contributed by atoms with E-state index in [1.807, 2.05) is 12.1 Å². The third-order valence-electron chi connectivity index (χ3n) is 3.19. The zero-order valence-corrected chi connectivity index (χ0v) is 8.91. The Kier molecular flexibility index (Phi) is 2.16. The summed E-state index contributed by atoms with van der Waals surface area (Å²) in [7, 11) is 1.66. The molecule has 2 N–H and O–H groups in total. The number of nitrogens with two attached hydrogens (primary N) is 1. The van der Waals surface area contributed by atoms with Crippen LogP contribution in [-0.2, 0) is 11.3 Å². The maximum Gasteiger partial charge on any atom is 0.129 e. The molecule has 0 bridgehead atoms. The first-order chi connectivity index (χ1) is 6.57. The van der Waals surface area contributed by atoms with E-state index >= 15 is 0 Å². The average Bonchev–Trinajstić information content (AvgIpc) is 2.52. The van der Waals surface area contributed by atoms with E-state index in [0.29, 0.717) is 12.5 Å². The van der Waals surface area contributed by atoms with Gasteiger partial charge in [-0.1, -0.05) is 13.8 Å². The van der Waals surface area contributed by atoms with Crippen LogP contribution in [0.15, 0.2) is 16.5 Å². The first-order valence-electron chi connectivity index (χ1n) is 4.90. The molecule has 0 aromatic carbocycles. The molecule has 0 unspecified atom stereocenters. The Labute approximate surface area is 84.2 Å². The lowest BCUT2D eigenvalue weighted by Crippen LogP contribution is -2.06. The Morgan fingerprint density at radius 3 is 2.64 bits per heavy atom. The highest BCUT2D eigenvalue weighted by atomic mass is 16.5. The lowest BCUT2D eigenvalue weighted by molar-refractivity contribution is 0.162. The molecule has 1 aliphatic rings. The minimum absolute atomic E-state index is 0.183. The molecule has 2 atom stereocenters. The molecule has 14 heavy (non-hydrogen) atoms. The van der Waals surface area contributed by atoms with Crippen molar-refractivity contribution >= 4 is 0 Å². The van der Waals surface area contributed by atoms with E-state index in [4.69, 9.17) is 14.9 Å². The van der Waals surface area contributed by atoms with Gasteiger partial charge in [0.2, 0.25) is 0 Å². The molecule has 1 saturated carbocycles.